The van der Waals surface area contributed by atoms with Crippen molar-refractivity contribution >= 4 is 28.1 Å². The van der Waals surface area contributed by atoms with Crippen LogP contribution in [0.25, 0.3) is 10.9 Å². The molecule has 36 heavy (non-hydrogen) atoms. The minimum atomic E-state index is -0.652. The summed E-state index contributed by atoms with van der Waals surface area (Å²) >= 11 is 1.58. The predicted octanol–water partition coefficient (Wildman–Crippen LogP) is 5.29. The number of thiazole rings is 1. The minimum Gasteiger partial charge on any atom is -0.490 e. The number of aromatic nitrogens is 2. The number of rotatable bonds is 7. The van der Waals surface area contributed by atoms with Crippen LogP contribution in [0.1, 0.15) is 39.8 Å². The van der Waals surface area contributed by atoms with Crippen LogP contribution < -0.4 is 10.1 Å². The number of benzene rings is 2. The molecule has 9 heteroatoms. The number of nitrogens with zero attached hydrogens (tertiary/aromatic N) is 3. The third-order valence-electron chi connectivity index (χ3n) is 6.49. The molecule has 4 aromatic rings. The van der Waals surface area contributed by atoms with Crippen LogP contribution in [-0.4, -0.2) is 46.5 Å². The van der Waals surface area contributed by atoms with Crippen molar-refractivity contribution in [2.45, 2.75) is 31.9 Å². The van der Waals surface area contributed by atoms with E-state index in [1.165, 1.54) is 12.1 Å². The predicted molar refractivity (Wildman–Crippen MR) is 135 cm³/mol. The number of halogens is 2. The number of piperidine rings is 1. The Labute approximate surface area is 212 Å². The van der Waals surface area contributed by atoms with Gasteiger partial charge >= 0.3 is 0 Å². The van der Waals surface area contributed by atoms with Crippen LogP contribution in [0, 0.1) is 18.6 Å². The summed E-state index contributed by atoms with van der Waals surface area (Å²) < 4.78 is 32.9. The molecule has 1 amide bonds. The number of hydrogen-bond acceptors (Lipinski definition) is 6. The number of hydrogen-bond donors (Lipinski definition) is 1. The Kier molecular flexibility index (Phi) is 7.20. The van der Waals surface area contributed by atoms with Crippen molar-refractivity contribution in [1.82, 2.24) is 20.2 Å². The molecule has 1 unspecified atom stereocenters. The average Bonchev–Trinajstić information content (AvgIpc) is 3.29. The molecule has 1 saturated heterocycles. The van der Waals surface area contributed by atoms with Crippen molar-refractivity contribution < 1.29 is 18.3 Å². The molecule has 0 bridgehead atoms. The summed E-state index contributed by atoms with van der Waals surface area (Å²) in [5.74, 6) is -1.24. The summed E-state index contributed by atoms with van der Waals surface area (Å²) in [6.07, 6.45) is 2.98. The maximum atomic E-state index is 13.5. The number of fused-ring (bicyclic) bond motifs is 1. The van der Waals surface area contributed by atoms with E-state index in [0.29, 0.717) is 24.9 Å². The average molecular weight is 509 g/mol. The smallest absolute Gasteiger partial charge is 0.252 e. The van der Waals surface area contributed by atoms with Crippen LogP contribution in [0.15, 0.2) is 60.2 Å². The molecule has 1 aliphatic heterocycles. The van der Waals surface area contributed by atoms with E-state index in [1.807, 2.05) is 42.8 Å². The Hall–Kier alpha value is -3.43. The summed E-state index contributed by atoms with van der Waals surface area (Å²) in [5.41, 5.74) is 4.14. The molecule has 2 aromatic heterocycles. The van der Waals surface area contributed by atoms with Gasteiger partial charge in [-0.2, -0.15) is 0 Å². The normalized spacial score (nSPS) is 15.6. The summed E-state index contributed by atoms with van der Waals surface area (Å²) in [6, 6.07) is 12.5. The highest BCUT2D eigenvalue weighted by Gasteiger charge is 2.29. The van der Waals surface area contributed by atoms with Gasteiger partial charge in [-0.1, -0.05) is 12.1 Å². The molecule has 186 valence electrons. The lowest BCUT2D eigenvalue weighted by molar-refractivity contribution is 0.0718. The van der Waals surface area contributed by atoms with Crippen LogP contribution in [0.4, 0.5) is 8.78 Å². The first kappa shape index (κ1) is 24.3. The maximum absolute atomic E-state index is 13.5. The Bertz CT molecular complexity index is 1350. The summed E-state index contributed by atoms with van der Waals surface area (Å²) in [4.78, 5) is 25.4. The molecular weight excluding hydrogens is 482 g/mol. The summed E-state index contributed by atoms with van der Waals surface area (Å²) in [7, 11) is 0. The SMILES string of the molecule is Cc1ncsc1C(CNC(=O)c1cccc2ncccc12)N1CCC(Oc2cc(F)cc(F)c2)CC1. The number of carbonyl (C=O) groups excluding carboxylic acids is 1. The van der Waals surface area contributed by atoms with Crippen molar-refractivity contribution in [3.05, 3.63) is 88.0 Å². The van der Waals surface area contributed by atoms with Crippen LogP contribution in [0.5, 0.6) is 5.75 Å². The molecule has 6 nitrogen and oxygen atoms in total. The topological polar surface area (TPSA) is 67.4 Å². The molecule has 1 N–H and O–H groups in total. The van der Waals surface area contributed by atoms with Gasteiger partial charge < -0.3 is 10.1 Å². The van der Waals surface area contributed by atoms with E-state index in [0.717, 1.165) is 40.6 Å². The van der Waals surface area contributed by atoms with Gasteiger partial charge in [-0.15, -0.1) is 11.3 Å². The quantitative estimate of drug-likeness (QED) is 0.367. The Morgan fingerprint density at radius 2 is 1.92 bits per heavy atom. The molecule has 0 saturated carbocycles. The number of carbonyl (C=O) groups is 1. The highest BCUT2D eigenvalue weighted by molar-refractivity contribution is 7.09. The molecule has 5 rings (SSSR count). The fourth-order valence-electron chi connectivity index (χ4n) is 4.70. The molecule has 1 atom stereocenters. The lowest BCUT2D eigenvalue weighted by Crippen LogP contribution is -2.44. The van der Waals surface area contributed by atoms with Gasteiger partial charge in [0.15, 0.2) is 0 Å². The van der Waals surface area contributed by atoms with E-state index in [1.54, 1.807) is 17.5 Å². The number of amides is 1. The monoisotopic (exact) mass is 508 g/mol. The lowest BCUT2D eigenvalue weighted by Gasteiger charge is -2.37. The highest BCUT2D eigenvalue weighted by Crippen LogP contribution is 2.31. The van der Waals surface area contributed by atoms with E-state index in [-0.39, 0.29) is 23.8 Å². The third-order valence-corrected chi connectivity index (χ3v) is 7.52. The number of pyridine rings is 1. The number of nitrogens with one attached hydrogen (secondary N) is 1. The second-order valence-electron chi connectivity index (χ2n) is 8.86. The standard InChI is InChI=1S/C27H26F2N4O2S/c1-17-26(36-16-32-17)25(15-31-27(34)23-4-2-6-24-22(23)5-3-9-30-24)33-10-7-20(8-11-33)35-21-13-18(28)12-19(29)14-21/h2-6,9,12-14,16,20,25H,7-8,10-11,15H2,1H3,(H,31,34). The molecule has 0 radical (unpaired) electrons. The second-order valence-corrected chi connectivity index (χ2v) is 9.75. The zero-order valence-corrected chi connectivity index (χ0v) is 20.6. The van der Waals surface area contributed by atoms with E-state index in [9.17, 15) is 13.6 Å². The zero-order chi connectivity index (χ0) is 25.1. The van der Waals surface area contributed by atoms with Gasteiger partial charge in [0.05, 0.1) is 22.8 Å². The molecular formula is C27H26F2N4O2S. The number of ether oxygens (including phenoxy) is 1. The van der Waals surface area contributed by atoms with E-state index >= 15 is 0 Å². The highest BCUT2D eigenvalue weighted by atomic mass is 32.1. The summed E-state index contributed by atoms with van der Waals surface area (Å²) in [5, 5.41) is 3.94. The molecule has 0 aliphatic carbocycles. The van der Waals surface area contributed by atoms with Gasteiger partial charge in [0.25, 0.3) is 5.91 Å². The zero-order valence-electron chi connectivity index (χ0n) is 19.8. The van der Waals surface area contributed by atoms with Crippen LogP contribution in [0.3, 0.4) is 0 Å². The van der Waals surface area contributed by atoms with Crippen molar-refractivity contribution in [2.75, 3.05) is 19.6 Å². The van der Waals surface area contributed by atoms with Crippen molar-refractivity contribution in [3.8, 4) is 5.75 Å². The Balaban J connectivity index is 1.27. The van der Waals surface area contributed by atoms with E-state index < -0.39 is 11.6 Å². The van der Waals surface area contributed by atoms with Gasteiger partial charge in [0.1, 0.15) is 23.5 Å². The fourth-order valence-corrected chi connectivity index (χ4v) is 5.64. The molecule has 3 heterocycles. The molecule has 1 aliphatic rings. The fraction of sp³-hybridized carbons (Fsp3) is 0.296. The largest absolute Gasteiger partial charge is 0.490 e. The van der Waals surface area contributed by atoms with Crippen LogP contribution in [0.2, 0.25) is 0 Å². The van der Waals surface area contributed by atoms with Crippen LogP contribution in [-0.2, 0) is 0 Å². The minimum absolute atomic E-state index is 0.0397. The first-order valence-corrected chi connectivity index (χ1v) is 12.7. The van der Waals surface area contributed by atoms with Crippen molar-refractivity contribution in [1.29, 1.82) is 0 Å². The molecule has 0 spiro atoms. The maximum Gasteiger partial charge on any atom is 0.252 e. The first-order chi connectivity index (χ1) is 17.5. The van der Waals surface area contributed by atoms with E-state index in [2.05, 4.69) is 20.2 Å². The lowest BCUT2D eigenvalue weighted by atomic mass is 10.0. The molecule has 1 fully saturated rings. The van der Waals surface area contributed by atoms with Crippen LogP contribution >= 0.6 is 11.3 Å². The number of aryl methyl sites for hydroxylation is 1. The Morgan fingerprint density at radius 3 is 2.64 bits per heavy atom. The van der Waals surface area contributed by atoms with Gasteiger partial charge in [-0.25, -0.2) is 13.8 Å². The van der Waals surface area contributed by atoms with Gasteiger partial charge in [-0.05, 0) is 38.0 Å². The van der Waals surface area contributed by atoms with Gasteiger partial charge in [-0.3, -0.25) is 14.7 Å². The van der Waals surface area contributed by atoms with Crippen molar-refractivity contribution in [2.24, 2.45) is 0 Å². The Morgan fingerprint density at radius 1 is 1.14 bits per heavy atom. The first-order valence-electron chi connectivity index (χ1n) is 11.9. The molecule has 2 aromatic carbocycles. The summed E-state index contributed by atoms with van der Waals surface area (Å²) in [6.45, 7) is 3.85. The number of likely N-dealkylation sites (tertiary alicyclic amines) is 1. The van der Waals surface area contributed by atoms with Gasteiger partial charge in [0.2, 0.25) is 0 Å². The van der Waals surface area contributed by atoms with Gasteiger partial charge in [0, 0.05) is 59.9 Å². The third kappa shape index (κ3) is 5.37. The van der Waals surface area contributed by atoms with Crippen molar-refractivity contribution in [3.63, 3.8) is 0 Å². The van der Waals surface area contributed by atoms with E-state index in [4.69, 9.17) is 4.74 Å². The second kappa shape index (κ2) is 10.7.